The van der Waals surface area contributed by atoms with Crippen molar-refractivity contribution < 1.29 is 14.8 Å². The Morgan fingerprint density at radius 1 is 1.16 bits per heavy atom. The second-order valence-corrected chi connectivity index (χ2v) is 7.90. The Hall–Kier alpha value is -1.65. The summed E-state index contributed by atoms with van der Waals surface area (Å²) in [6.07, 6.45) is 6.01. The molecule has 1 aromatic carbocycles. The van der Waals surface area contributed by atoms with Crippen LogP contribution in [0.15, 0.2) is 18.2 Å². The molecule has 1 saturated heterocycles. The first-order valence-electron chi connectivity index (χ1n) is 9.80. The molecule has 4 nitrogen and oxygen atoms in total. The lowest BCUT2D eigenvalue weighted by molar-refractivity contribution is -0.908. The molecule has 0 spiro atoms. The van der Waals surface area contributed by atoms with Gasteiger partial charge in [0.25, 0.3) is 0 Å². The molecule has 1 fully saturated rings. The fourth-order valence-electron chi connectivity index (χ4n) is 4.71. The average molecular weight is 341 g/mol. The molecule has 134 valence electrons. The van der Waals surface area contributed by atoms with E-state index in [0.29, 0.717) is 13.0 Å². The van der Waals surface area contributed by atoms with Gasteiger partial charge in [0.1, 0.15) is 12.6 Å². The number of Topliss-reactive ketones (excluding diaryl/α,β-unsaturated/α-hetero) is 1. The Balaban J connectivity index is 1.66. The number of piperidine rings is 1. The summed E-state index contributed by atoms with van der Waals surface area (Å²) < 4.78 is 2.11. The van der Waals surface area contributed by atoms with Crippen LogP contribution in [0.5, 0.6) is 0 Å². The number of quaternary nitrogens is 1. The van der Waals surface area contributed by atoms with Crippen LogP contribution in [-0.4, -0.2) is 41.2 Å². The molecule has 25 heavy (non-hydrogen) atoms. The number of hydrogen-bond donors (Lipinski definition) is 2. The summed E-state index contributed by atoms with van der Waals surface area (Å²) in [5.41, 5.74) is 4.40. The average Bonchev–Trinajstić information content (AvgIpc) is 2.90. The number of aliphatic hydroxyl groups is 1. The van der Waals surface area contributed by atoms with Gasteiger partial charge in [0.2, 0.25) is 0 Å². The SMILES string of the molecule is Cc1ccc2c(c1)c1c(n2C[C@H](O)C[NH+]2CCCCC2)C(=O)CCC1. The Bertz CT molecular complexity index is 787. The zero-order valence-electron chi connectivity index (χ0n) is 15.2. The number of nitrogens with zero attached hydrogens (tertiary/aromatic N) is 1. The zero-order valence-corrected chi connectivity index (χ0v) is 15.2. The molecule has 1 aliphatic heterocycles. The van der Waals surface area contributed by atoms with Crippen LogP contribution >= 0.6 is 0 Å². The van der Waals surface area contributed by atoms with Crippen molar-refractivity contribution in [2.75, 3.05) is 19.6 Å². The van der Waals surface area contributed by atoms with E-state index in [1.165, 1.54) is 53.8 Å². The van der Waals surface area contributed by atoms with Gasteiger partial charge in [-0.25, -0.2) is 0 Å². The lowest BCUT2D eigenvalue weighted by Crippen LogP contribution is -3.13. The van der Waals surface area contributed by atoms with Crippen molar-refractivity contribution in [1.82, 2.24) is 4.57 Å². The van der Waals surface area contributed by atoms with Crippen molar-refractivity contribution in [2.24, 2.45) is 0 Å². The molecule has 2 aliphatic rings. The first-order valence-corrected chi connectivity index (χ1v) is 9.80. The second-order valence-electron chi connectivity index (χ2n) is 7.90. The molecule has 0 unspecified atom stereocenters. The molecule has 0 bridgehead atoms. The normalized spacial score (nSPS) is 20.0. The summed E-state index contributed by atoms with van der Waals surface area (Å²) in [6, 6.07) is 6.43. The summed E-state index contributed by atoms with van der Waals surface area (Å²) in [6.45, 7) is 5.75. The lowest BCUT2D eigenvalue weighted by Gasteiger charge is -2.26. The molecule has 2 aromatic rings. The monoisotopic (exact) mass is 341 g/mol. The highest BCUT2D eigenvalue weighted by Crippen LogP contribution is 2.33. The van der Waals surface area contributed by atoms with E-state index in [4.69, 9.17) is 0 Å². The quantitative estimate of drug-likeness (QED) is 0.892. The van der Waals surface area contributed by atoms with E-state index in [9.17, 15) is 9.90 Å². The third-order valence-electron chi connectivity index (χ3n) is 5.90. The van der Waals surface area contributed by atoms with Gasteiger partial charge in [-0.05, 0) is 56.7 Å². The first kappa shape index (κ1) is 16.8. The maximum atomic E-state index is 12.6. The molecule has 2 N–H and O–H groups in total. The van der Waals surface area contributed by atoms with E-state index in [0.717, 1.165) is 30.6 Å². The van der Waals surface area contributed by atoms with Gasteiger partial charge in [-0.3, -0.25) is 4.79 Å². The van der Waals surface area contributed by atoms with E-state index in [1.54, 1.807) is 0 Å². The van der Waals surface area contributed by atoms with Crippen molar-refractivity contribution in [3.8, 4) is 0 Å². The minimum atomic E-state index is -0.399. The van der Waals surface area contributed by atoms with Crippen LogP contribution in [0.1, 0.15) is 53.7 Å². The molecule has 4 heteroatoms. The van der Waals surface area contributed by atoms with Gasteiger partial charge in [0.05, 0.1) is 25.3 Å². The van der Waals surface area contributed by atoms with Gasteiger partial charge in [0.15, 0.2) is 5.78 Å². The summed E-state index contributed by atoms with van der Waals surface area (Å²) in [5.74, 6) is 0.243. The summed E-state index contributed by atoms with van der Waals surface area (Å²) in [4.78, 5) is 14.1. The largest absolute Gasteiger partial charge is 0.385 e. The predicted octanol–water partition coefficient (Wildman–Crippen LogP) is 1.90. The number of rotatable bonds is 4. The highest BCUT2D eigenvalue weighted by atomic mass is 16.3. The second kappa shape index (κ2) is 6.93. The molecular formula is C21H29N2O2+. The summed E-state index contributed by atoms with van der Waals surface area (Å²) >= 11 is 0. The maximum absolute atomic E-state index is 12.6. The van der Waals surface area contributed by atoms with Crippen molar-refractivity contribution in [1.29, 1.82) is 0 Å². The molecular weight excluding hydrogens is 312 g/mol. The standard InChI is InChI=1S/C21H28N2O2/c1-15-8-9-19-18(12-15)17-6-5-7-20(25)21(17)23(19)14-16(24)13-22-10-3-2-4-11-22/h8-9,12,16,24H,2-7,10-11,13-14H2,1H3/p+1/t16-/m1/s1. The van der Waals surface area contributed by atoms with E-state index >= 15 is 0 Å². The Labute approximate surface area is 149 Å². The van der Waals surface area contributed by atoms with Crippen LogP contribution < -0.4 is 4.90 Å². The fourth-order valence-corrected chi connectivity index (χ4v) is 4.71. The number of likely N-dealkylation sites (tertiary alicyclic amines) is 1. The van der Waals surface area contributed by atoms with Gasteiger partial charge in [-0.15, -0.1) is 0 Å². The van der Waals surface area contributed by atoms with E-state index in [2.05, 4.69) is 29.7 Å². The lowest BCUT2D eigenvalue weighted by atomic mass is 9.94. The zero-order chi connectivity index (χ0) is 17.4. The number of benzene rings is 1. The van der Waals surface area contributed by atoms with E-state index in [-0.39, 0.29) is 5.78 Å². The van der Waals surface area contributed by atoms with Crippen molar-refractivity contribution in [2.45, 2.75) is 58.1 Å². The highest BCUT2D eigenvalue weighted by molar-refractivity contribution is 6.04. The number of aromatic nitrogens is 1. The van der Waals surface area contributed by atoms with Crippen molar-refractivity contribution >= 4 is 16.7 Å². The van der Waals surface area contributed by atoms with Crippen LogP contribution in [-0.2, 0) is 13.0 Å². The van der Waals surface area contributed by atoms with Gasteiger partial charge in [0, 0.05) is 17.3 Å². The number of carbonyl (C=O) groups is 1. The first-order chi connectivity index (χ1) is 12.1. The molecule has 1 atom stereocenters. The highest BCUT2D eigenvalue weighted by Gasteiger charge is 2.27. The van der Waals surface area contributed by atoms with Crippen LogP contribution in [0.4, 0.5) is 0 Å². The van der Waals surface area contributed by atoms with Gasteiger partial charge in [-0.2, -0.15) is 0 Å². The summed E-state index contributed by atoms with van der Waals surface area (Å²) in [7, 11) is 0. The third kappa shape index (κ3) is 3.25. The molecule has 2 heterocycles. The molecule has 0 amide bonds. The van der Waals surface area contributed by atoms with Gasteiger partial charge in [-0.1, -0.05) is 11.6 Å². The third-order valence-corrected chi connectivity index (χ3v) is 5.90. The Morgan fingerprint density at radius 3 is 2.76 bits per heavy atom. The Kier molecular flexibility index (Phi) is 4.65. The number of carbonyl (C=O) groups excluding carboxylic acids is 1. The van der Waals surface area contributed by atoms with Crippen LogP contribution in [0.2, 0.25) is 0 Å². The number of aryl methyl sites for hydroxylation is 2. The summed E-state index contributed by atoms with van der Waals surface area (Å²) in [5, 5.41) is 11.9. The van der Waals surface area contributed by atoms with Crippen LogP contribution in [0.3, 0.4) is 0 Å². The van der Waals surface area contributed by atoms with Crippen LogP contribution in [0.25, 0.3) is 10.9 Å². The maximum Gasteiger partial charge on any atom is 0.179 e. The predicted molar refractivity (Wildman–Crippen MR) is 99.4 cm³/mol. The van der Waals surface area contributed by atoms with Crippen molar-refractivity contribution in [3.63, 3.8) is 0 Å². The molecule has 1 aromatic heterocycles. The van der Waals surface area contributed by atoms with E-state index < -0.39 is 6.10 Å². The van der Waals surface area contributed by atoms with Crippen molar-refractivity contribution in [3.05, 3.63) is 35.0 Å². The minimum Gasteiger partial charge on any atom is -0.385 e. The van der Waals surface area contributed by atoms with Gasteiger partial charge >= 0.3 is 0 Å². The van der Waals surface area contributed by atoms with E-state index in [1.807, 2.05) is 0 Å². The number of hydrogen-bond acceptors (Lipinski definition) is 2. The topological polar surface area (TPSA) is 46.7 Å². The molecule has 4 rings (SSSR count). The smallest absolute Gasteiger partial charge is 0.179 e. The number of fused-ring (bicyclic) bond motifs is 3. The van der Waals surface area contributed by atoms with Crippen LogP contribution in [0, 0.1) is 6.92 Å². The fraction of sp³-hybridized carbons (Fsp3) is 0.571. The number of ketones is 1. The molecule has 0 radical (unpaired) electrons. The number of nitrogens with one attached hydrogen (secondary N) is 1. The Morgan fingerprint density at radius 2 is 1.96 bits per heavy atom. The minimum absolute atomic E-state index is 0.243. The molecule has 1 aliphatic carbocycles. The molecule has 0 saturated carbocycles. The number of aliphatic hydroxyl groups excluding tert-OH is 1. The van der Waals surface area contributed by atoms with Gasteiger partial charge < -0.3 is 14.6 Å².